The Morgan fingerprint density at radius 3 is 3.00 bits per heavy atom. The number of rotatable bonds is 0. The molecule has 6 rings (SSSR count). The number of hydrogen-bond donors (Lipinski definition) is 0. The molecule has 0 aromatic heterocycles. The first kappa shape index (κ1) is 4.38. The minimum Gasteiger partial charge on any atom is -0.0656 e. The van der Waals surface area contributed by atoms with Crippen molar-refractivity contribution >= 4 is 0 Å². The minimum atomic E-state index is 0.758. The van der Waals surface area contributed by atoms with Gasteiger partial charge in [0.2, 0.25) is 0 Å². The van der Waals surface area contributed by atoms with Gasteiger partial charge >= 0.3 is 0 Å². The van der Waals surface area contributed by atoms with Crippen molar-refractivity contribution in [1.82, 2.24) is 0 Å². The van der Waals surface area contributed by atoms with E-state index in [0.717, 1.165) is 11.3 Å². The zero-order chi connectivity index (χ0) is 6.34. The highest BCUT2D eigenvalue weighted by atomic mass is 14.6. The third-order valence-corrected chi connectivity index (χ3v) is 4.03. The van der Waals surface area contributed by atoms with E-state index in [1.54, 1.807) is 11.1 Å². The summed E-state index contributed by atoms with van der Waals surface area (Å²) in [4.78, 5) is 0. The highest BCUT2D eigenvalue weighted by molar-refractivity contribution is 5.58. The van der Waals surface area contributed by atoms with Gasteiger partial charge in [-0.3, -0.25) is 0 Å². The van der Waals surface area contributed by atoms with Crippen LogP contribution in [0.4, 0.5) is 0 Å². The highest BCUT2D eigenvalue weighted by Gasteiger charge is 2.59. The average Bonchev–Trinajstić information content (AvgIpc) is 2.32. The van der Waals surface area contributed by atoms with Crippen molar-refractivity contribution in [3.63, 3.8) is 0 Å². The van der Waals surface area contributed by atoms with Crippen LogP contribution in [0.1, 0.15) is 25.7 Å². The van der Waals surface area contributed by atoms with E-state index in [1.165, 1.54) is 25.7 Å². The minimum absolute atomic E-state index is 0.758. The van der Waals surface area contributed by atoms with Crippen LogP contribution >= 0.6 is 0 Å². The molecule has 6 aliphatic carbocycles. The summed E-state index contributed by atoms with van der Waals surface area (Å²) >= 11 is 0. The van der Waals surface area contributed by atoms with Crippen molar-refractivity contribution in [2.75, 3.05) is 0 Å². The van der Waals surface area contributed by atoms with Crippen molar-refractivity contribution < 1.29 is 0 Å². The Balaban J connectivity index is 2.19. The summed E-state index contributed by atoms with van der Waals surface area (Å²) in [5.41, 5.74) is 6.16. The number of hydrogen-bond acceptors (Lipinski definition) is 0. The molecule has 2 saturated carbocycles. The second-order valence-electron chi connectivity index (χ2n) is 4.48. The first-order valence-corrected chi connectivity index (χ1v) is 4.30. The van der Waals surface area contributed by atoms with Crippen LogP contribution in [0.25, 0.3) is 0 Å². The largest absolute Gasteiger partial charge is 0.0656 e. The van der Waals surface area contributed by atoms with Gasteiger partial charge in [-0.1, -0.05) is 17.2 Å². The molecule has 0 aromatic rings. The first-order chi connectivity index (χ1) is 4.87. The van der Waals surface area contributed by atoms with E-state index in [2.05, 4.69) is 6.08 Å². The Kier molecular flexibility index (Phi) is 0.411. The molecule has 0 N–H and O–H groups in total. The zero-order valence-corrected chi connectivity index (χ0v) is 5.98. The fraction of sp³-hybridized carbons (Fsp3) is 0.600. The molecule has 50 valence electrons. The molecule has 1 spiro atoms. The van der Waals surface area contributed by atoms with Gasteiger partial charge in [-0.15, -0.1) is 0 Å². The Morgan fingerprint density at radius 2 is 2.40 bits per heavy atom. The molecule has 0 aromatic carbocycles. The van der Waals surface area contributed by atoms with Gasteiger partial charge in [0.1, 0.15) is 0 Å². The van der Waals surface area contributed by atoms with Crippen LogP contribution < -0.4 is 0 Å². The van der Waals surface area contributed by atoms with E-state index in [0.29, 0.717) is 0 Å². The molecule has 5 bridgehead atoms. The van der Waals surface area contributed by atoms with Crippen LogP contribution in [-0.4, -0.2) is 0 Å². The SMILES string of the molecule is C1=C2CC34CC(=C13)CC2C4. The average molecular weight is 130 g/mol. The van der Waals surface area contributed by atoms with Gasteiger partial charge in [-0.05, 0) is 37.2 Å². The quantitative estimate of drug-likeness (QED) is 0.472. The molecular weight excluding hydrogens is 120 g/mol. The molecule has 0 heterocycles. The predicted octanol–water partition coefficient (Wildman–Crippen LogP) is 2.43. The molecule has 2 unspecified atom stereocenters. The molecule has 0 saturated heterocycles. The molecule has 6 aliphatic rings. The van der Waals surface area contributed by atoms with Crippen LogP contribution in [-0.2, 0) is 0 Å². The van der Waals surface area contributed by atoms with Crippen LogP contribution in [0.2, 0.25) is 0 Å². The summed E-state index contributed by atoms with van der Waals surface area (Å²) < 4.78 is 0. The summed E-state index contributed by atoms with van der Waals surface area (Å²) in [6.45, 7) is 0. The maximum absolute atomic E-state index is 2.51. The smallest absolute Gasteiger partial charge is 0.00330 e. The second kappa shape index (κ2) is 0.939. The lowest BCUT2D eigenvalue weighted by Crippen LogP contribution is -2.35. The van der Waals surface area contributed by atoms with E-state index in [9.17, 15) is 0 Å². The maximum Gasteiger partial charge on any atom is 0.00330 e. The molecular formula is C10H10. The van der Waals surface area contributed by atoms with Crippen LogP contribution in [0.3, 0.4) is 0 Å². The third-order valence-electron chi connectivity index (χ3n) is 4.03. The van der Waals surface area contributed by atoms with Gasteiger partial charge in [0, 0.05) is 5.41 Å². The standard InChI is InChI=1S/C10H10/c1-6-3-10-4-7(6)2-9(10)8(1)5-10/h2,6H,1,3-5H2. The monoisotopic (exact) mass is 130 g/mol. The van der Waals surface area contributed by atoms with Crippen molar-refractivity contribution in [3.8, 4) is 0 Å². The second-order valence-corrected chi connectivity index (χ2v) is 4.48. The topological polar surface area (TPSA) is 0 Å². The molecule has 0 amide bonds. The van der Waals surface area contributed by atoms with E-state index in [1.807, 2.05) is 5.57 Å². The van der Waals surface area contributed by atoms with Gasteiger partial charge in [-0.2, -0.15) is 0 Å². The normalized spacial score (nSPS) is 52.0. The molecule has 0 nitrogen and oxygen atoms in total. The molecule has 2 fully saturated rings. The lowest BCUT2D eigenvalue weighted by atomic mass is 9.57. The summed E-state index contributed by atoms with van der Waals surface area (Å²) in [5, 5.41) is 0. The van der Waals surface area contributed by atoms with Gasteiger partial charge in [-0.25, -0.2) is 0 Å². The van der Waals surface area contributed by atoms with Crippen molar-refractivity contribution in [2.45, 2.75) is 25.7 Å². The molecule has 0 heteroatoms. The first-order valence-electron chi connectivity index (χ1n) is 4.30. The van der Waals surface area contributed by atoms with Gasteiger partial charge in [0.05, 0.1) is 0 Å². The van der Waals surface area contributed by atoms with Gasteiger partial charge in [0.15, 0.2) is 0 Å². The molecule has 0 aliphatic heterocycles. The molecule has 10 heavy (non-hydrogen) atoms. The predicted molar refractivity (Wildman–Crippen MR) is 39.5 cm³/mol. The van der Waals surface area contributed by atoms with Crippen molar-refractivity contribution in [3.05, 3.63) is 22.8 Å². The van der Waals surface area contributed by atoms with Crippen molar-refractivity contribution in [2.24, 2.45) is 11.3 Å². The van der Waals surface area contributed by atoms with Gasteiger partial charge in [0.25, 0.3) is 0 Å². The van der Waals surface area contributed by atoms with Crippen molar-refractivity contribution in [1.29, 1.82) is 0 Å². The number of allylic oxidation sites excluding steroid dienone is 4. The molecule has 0 radical (unpaired) electrons. The summed E-state index contributed by atoms with van der Waals surface area (Å²) in [6.07, 6.45) is 8.41. The van der Waals surface area contributed by atoms with E-state index in [4.69, 9.17) is 0 Å². The Morgan fingerprint density at radius 1 is 1.40 bits per heavy atom. The Hall–Kier alpha value is -0.520. The molecule has 2 atom stereocenters. The Labute approximate surface area is 60.6 Å². The summed E-state index contributed by atoms with van der Waals surface area (Å²) in [7, 11) is 0. The van der Waals surface area contributed by atoms with Crippen LogP contribution in [0.15, 0.2) is 22.8 Å². The van der Waals surface area contributed by atoms with Crippen LogP contribution in [0.5, 0.6) is 0 Å². The van der Waals surface area contributed by atoms with Crippen LogP contribution in [0, 0.1) is 11.3 Å². The van der Waals surface area contributed by atoms with Gasteiger partial charge < -0.3 is 0 Å². The lowest BCUT2D eigenvalue weighted by Gasteiger charge is -2.47. The fourth-order valence-electron chi connectivity index (χ4n) is 3.71. The highest BCUT2D eigenvalue weighted by Crippen LogP contribution is 2.72. The maximum atomic E-state index is 2.51. The fourth-order valence-corrected chi connectivity index (χ4v) is 3.71. The van der Waals surface area contributed by atoms with E-state index < -0.39 is 0 Å². The lowest BCUT2D eigenvalue weighted by molar-refractivity contribution is 0.256. The summed E-state index contributed by atoms with van der Waals surface area (Å²) in [6, 6.07) is 0. The van der Waals surface area contributed by atoms with E-state index in [-0.39, 0.29) is 0 Å². The Bertz CT molecular complexity index is 306. The third kappa shape index (κ3) is 0.236. The zero-order valence-electron chi connectivity index (χ0n) is 5.98. The van der Waals surface area contributed by atoms with E-state index >= 15 is 0 Å². The summed E-state index contributed by atoms with van der Waals surface area (Å²) in [5.74, 6) is 1.02.